The van der Waals surface area contributed by atoms with E-state index in [0.717, 1.165) is 32.1 Å². The van der Waals surface area contributed by atoms with Crippen LogP contribution in [0.1, 0.15) is 25.7 Å². The Morgan fingerprint density at radius 1 is 1.59 bits per heavy atom. The van der Waals surface area contributed by atoms with Crippen LogP contribution in [0.2, 0.25) is 0 Å². The lowest BCUT2D eigenvalue weighted by Gasteiger charge is -2.32. The summed E-state index contributed by atoms with van der Waals surface area (Å²) in [7, 11) is 0. The van der Waals surface area contributed by atoms with Crippen LogP contribution in [0.3, 0.4) is 0 Å². The second-order valence-electron chi connectivity index (χ2n) is 4.81. The number of rotatable bonds is 4. The average molecular weight is 238 g/mol. The maximum atomic E-state index is 5.64. The molecule has 1 aliphatic rings. The van der Waals surface area contributed by atoms with Gasteiger partial charge in [-0.1, -0.05) is 0 Å². The molecule has 96 valence electrons. The van der Waals surface area contributed by atoms with Crippen LogP contribution in [-0.2, 0) is 11.3 Å². The molecule has 0 amide bonds. The summed E-state index contributed by atoms with van der Waals surface area (Å²) in [5.74, 6) is 1.12. The first-order chi connectivity index (χ1) is 8.20. The van der Waals surface area contributed by atoms with Gasteiger partial charge in [0.05, 0.1) is 19.3 Å². The molecule has 1 aromatic rings. The Labute approximate surface area is 103 Å². The first-order valence-electron chi connectivity index (χ1n) is 6.26. The monoisotopic (exact) mass is 238 g/mol. The van der Waals surface area contributed by atoms with Gasteiger partial charge in [0.1, 0.15) is 5.82 Å². The molecule has 2 rings (SSSR count). The van der Waals surface area contributed by atoms with Crippen molar-refractivity contribution < 1.29 is 4.74 Å². The lowest BCUT2D eigenvalue weighted by atomic mass is 10.2. The molecule has 1 saturated heterocycles. The number of aromatic nitrogens is 2. The van der Waals surface area contributed by atoms with Gasteiger partial charge in [0.25, 0.3) is 0 Å². The van der Waals surface area contributed by atoms with E-state index in [1.165, 1.54) is 0 Å². The number of imidazole rings is 1. The van der Waals surface area contributed by atoms with Gasteiger partial charge >= 0.3 is 0 Å². The molecule has 1 fully saturated rings. The van der Waals surface area contributed by atoms with E-state index in [0.29, 0.717) is 12.6 Å². The molecule has 0 saturated carbocycles. The fraction of sp³-hybridized carbons (Fsp3) is 0.750. The molecule has 0 aliphatic carbocycles. The van der Waals surface area contributed by atoms with E-state index in [1.54, 1.807) is 0 Å². The number of nitrogens with two attached hydrogens (primary N) is 1. The van der Waals surface area contributed by atoms with E-state index in [2.05, 4.69) is 28.3 Å². The van der Waals surface area contributed by atoms with Crippen molar-refractivity contribution in [2.24, 2.45) is 5.73 Å². The number of morpholine rings is 1. The SMILES string of the molecule is CC(C)n1ccnc1CN1CCO[C@H](CN)C1. The standard InChI is InChI=1S/C12H22N4O/c1-10(2)16-4-3-14-12(16)9-15-5-6-17-11(7-13)8-15/h3-4,10-11H,5-9,13H2,1-2H3/t11-/m1/s1. The van der Waals surface area contributed by atoms with Gasteiger partial charge in [-0.25, -0.2) is 4.98 Å². The molecule has 5 nitrogen and oxygen atoms in total. The van der Waals surface area contributed by atoms with E-state index in [1.807, 2.05) is 12.4 Å². The minimum absolute atomic E-state index is 0.172. The molecular formula is C12H22N4O. The molecule has 0 bridgehead atoms. The summed E-state index contributed by atoms with van der Waals surface area (Å²) in [6.07, 6.45) is 4.09. The van der Waals surface area contributed by atoms with Crippen molar-refractivity contribution in [3.05, 3.63) is 18.2 Å². The Balaban J connectivity index is 1.98. The summed E-state index contributed by atoms with van der Waals surface area (Å²) in [4.78, 5) is 6.79. The number of nitrogens with zero attached hydrogens (tertiary/aromatic N) is 3. The fourth-order valence-electron chi connectivity index (χ4n) is 2.20. The molecule has 0 aromatic carbocycles. The van der Waals surface area contributed by atoms with E-state index in [4.69, 9.17) is 10.5 Å². The van der Waals surface area contributed by atoms with E-state index >= 15 is 0 Å². The van der Waals surface area contributed by atoms with Gasteiger partial charge < -0.3 is 15.0 Å². The van der Waals surface area contributed by atoms with Crippen molar-refractivity contribution in [3.8, 4) is 0 Å². The summed E-state index contributed by atoms with van der Waals surface area (Å²) in [6, 6.07) is 0.457. The van der Waals surface area contributed by atoms with Crippen LogP contribution in [0.25, 0.3) is 0 Å². The van der Waals surface area contributed by atoms with Gasteiger partial charge in [0.15, 0.2) is 0 Å². The molecule has 2 heterocycles. The Hall–Kier alpha value is -0.910. The molecule has 2 N–H and O–H groups in total. The summed E-state index contributed by atoms with van der Waals surface area (Å²) in [5, 5.41) is 0. The largest absolute Gasteiger partial charge is 0.374 e. The third kappa shape index (κ3) is 3.06. The van der Waals surface area contributed by atoms with E-state index in [9.17, 15) is 0 Å². The van der Waals surface area contributed by atoms with Crippen molar-refractivity contribution in [2.45, 2.75) is 32.5 Å². The van der Waals surface area contributed by atoms with Crippen LogP contribution in [-0.4, -0.2) is 46.8 Å². The smallest absolute Gasteiger partial charge is 0.123 e. The van der Waals surface area contributed by atoms with Gasteiger partial charge in [0, 0.05) is 38.1 Å². The van der Waals surface area contributed by atoms with Crippen molar-refractivity contribution in [1.82, 2.24) is 14.5 Å². The molecule has 1 aliphatic heterocycles. The Kier molecular flexibility index (Phi) is 4.15. The van der Waals surface area contributed by atoms with Gasteiger partial charge in [0.2, 0.25) is 0 Å². The van der Waals surface area contributed by atoms with E-state index in [-0.39, 0.29) is 6.10 Å². The second-order valence-corrected chi connectivity index (χ2v) is 4.81. The summed E-state index contributed by atoms with van der Waals surface area (Å²) in [6.45, 7) is 8.45. The summed E-state index contributed by atoms with van der Waals surface area (Å²) in [5.41, 5.74) is 5.64. The fourth-order valence-corrected chi connectivity index (χ4v) is 2.20. The number of ether oxygens (including phenoxy) is 1. The Morgan fingerprint density at radius 3 is 3.12 bits per heavy atom. The van der Waals surface area contributed by atoms with Crippen LogP contribution in [0, 0.1) is 0 Å². The molecule has 5 heteroatoms. The third-order valence-corrected chi connectivity index (χ3v) is 3.16. The normalized spacial score (nSPS) is 22.2. The number of hydrogen-bond acceptors (Lipinski definition) is 4. The highest BCUT2D eigenvalue weighted by atomic mass is 16.5. The van der Waals surface area contributed by atoms with Crippen molar-refractivity contribution in [3.63, 3.8) is 0 Å². The molecule has 0 spiro atoms. The average Bonchev–Trinajstić information content (AvgIpc) is 2.77. The molecule has 1 atom stereocenters. The molecule has 0 radical (unpaired) electrons. The number of hydrogen-bond donors (Lipinski definition) is 1. The van der Waals surface area contributed by atoms with Crippen molar-refractivity contribution in [2.75, 3.05) is 26.2 Å². The van der Waals surface area contributed by atoms with Crippen LogP contribution in [0.5, 0.6) is 0 Å². The molecular weight excluding hydrogens is 216 g/mol. The zero-order valence-corrected chi connectivity index (χ0v) is 10.7. The zero-order valence-electron chi connectivity index (χ0n) is 10.7. The third-order valence-electron chi connectivity index (χ3n) is 3.16. The highest BCUT2D eigenvalue weighted by molar-refractivity contribution is 4.95. The zero-order chi connectivity index (χ0) is 12.3. The highest BCUT2D eigenvalue weighted by Gasteiger charge is 2.20. The predicted molar refractivity (Wildman–Crippen MR) is 66.7 cm³/mol. The summed E-state index contributed by atoms with van der Waals surface area (Å²) >= 11 is 0. The minimum Gasteiger partial charge on any atom is -0.374 e. The topological polar surface area (TPSA) is 56.3 Å². The first-order valence-corrected chi connectivity index (χ1v) is 6.26. The maximum Gasteiger partial charge on any atom is 0.123 e. The summed E-state index contributed by atoms with van der Waals surface area (Å²) < 4.78 is 7.78. The first kappa shape index (κ1) is 12.5. The molecule has 1 aromatic heterocycles. The molecule has 0 unspecified atom stereocenters. The van der Waals surface area contributed by atoms with Crippen molar-refractivity contribution in [1.29, 1.82) is 0 Å². The van der Waals surface area contributed by atoms with Gasteiger partial charge in [-0.05, 0) is 13.8 Å². The van der Waals surface area contributed by atoms with Gasteiger partial charge in [-0.15, -0.1) is 0 Å². The van der Waals surface area contributed by atoms with Crippen LogP contribution >= 0.6 is 0 Å². The van der Waals surface area contributed by atoms with Crippen LogP contribution < -0.4 is 5.73 Å². The van der Waals surface area contributed by atoms with Crippen LogP contribution in [0.4, 0.5) is 0 Å². The van der Waals surface area contributed by atoms with E-state index < -0.39 is 0 Å². The minimum atomic E-state index is 0.172. The van der Waals surface area contributed by atoms with Crippen molar-refractivity contribution >= 4 is 0 Å². The molecule has 17 heavy (non-hydrogen) atoms. The van der Waals surface area contributed by atoms with Gasteiger partial charge in [-0.3, -0.25) is 4.90 Å². The Morgan fingerprint density at radius 2 is 2.41 bits per heavy atom. The van der Waals surface area contributed by atoms with Gasteiger partial charge in [-0.2, -0.15) is 0 Å². The quantitative estimate of drug-likeness (QED) is 0.835. The lowest BCUT2D eigenvalue weighted by molar-refractivity contribution is -0.0271. The van der Waals surface area contributed by atoms with Crippen LogP contribution in [0.15, 0.2) is 12.4 Å². The highest BCUT2D eigenvalue weighted by Crippen LogP contribution is 2.12. The predicted octanol–water partition coefficient (Wildman–Crippen LogP) is 0.624. The second kappa shape index (κ2) is 5.62. The Bertz CT molecular complexity index is 350. The lowest BCUT2D eigenvalue weighted by Crippen LogP contribution is -2.45. The maximum absolute atomic E-state index is 5.64.